The maximum absolute atomic E-state index is 12.8. The highest BCUT2D eigenvalue weighted by Gasteiger charge is 2.57. The number of rotatable bonds is 8. The highest BCUT2D eigenvalue weighted by Crippen LogP contribution is 2.62. The average Bonchev–Trinajstić information content (AvgIpc) is 3.42. The molecule has 1 heterocycles. The number of hydrogen-bond acceptors (Lipinski definition) is 8. The Balaban J connectivity index is 1.36. The van der Waals surface area contributed by atoms with Crippen LogP contribution in [0.3, 0.4) is 0 Å². The van der Waals surface area contributed by atoms with Gasteiger partial charge in [0.15, 0.2) is 5.13 Å². The summed E-state index contributed by atoms with van der Waals surface area (Å²) in [6.07, 6.45) is 8.18. The van der Waals surface area contributed by atoms with E-state index in [4.69, 9.17) is 9.57 Å². The van der Waals surface area contributed by atoms with Crippen LogP contribution in [-0.2, 0) is 20.8 Å². The van der Waals surface area contributed by atoms with Gasteiger partial charge in [-0.15, -0.1) is 11.3 Å². The number of halogens is 1. The van der Waals surface area contributed by atoms with Crippen LogP contribution >= 0.6 is 33.9 Å². The zero-order valence-electron chi connectivity index (χ0n) is 24.0. The van der Waals surface area contributed by atoms with E-state index >= 15 is 0 Å². The second-order valence-electron chi connectivity index (χ2n) is 12.0. The Bertz CT molecular complexity index is 1310. The summed E-state index contributed by atoms with van der Waals surface area (Å²) in [5, 5.41) is 8.19. The Labute approximate surface area is 254 Å². The molecule has 1 aromatic carbocycles. The number of carbonyl (C=O) groups is 2. The predicted octanol–water partition coefficient (Wildman–Crippen LogP) is 6.03. The standard InChI is InChI=1S/C30H39IN4O4S/c1-17-15-32-29(40-17)33-26(36)9-7-19-13-25(34-38-5)30(2)11-10-20-21(28(19)30)8-6-18-12-24(23(31)14-22(18)20)39-27(37)16-35(3)4/h12,14-15,19-21,28H,6-11,13,16H2,1-5H3,(H,32,33,36)/b34-25+/t19-,20?,21?,28?,30-/m1/s1. The fraction of sp³-hybridized carbons (Fsp3) is 0.600. The number of hydrogen-bond donors (Lipinski definition) is 1. The summed E-state index contributed by atoms with van der Waals surface area (Å²) in [7, 11) is 5.36. The third-order valence-corrected chi connectivity index (χ3v) is 10.8. The molecule has 1 aromatic heterocycles. The van der Waals surface area contributed by atoms with Crippen molar-refractivity contribution in [1.82, 2.24) is 9.88 Å². The molecular formula is C30H39IN4O4S. The van der Waals surface area contributed by atoms with Crippen LogP contribution in [0.2, 0.25) is 0 Å². The molecule has 10 heteroatoms. The van der Waals surface area contributed by atoms with Gasteiger partial charge in [-0.25, -0.2) is 4.98 Å². The van der Waals surface area contributed by atoms with Crippen LogP contribution in [0.25, 0.3) is 0 Å². The number of esters is 1. The Morgan fingerprint density at radius 1 is 1.30 bits per heavy atom. The number of fused-ring (bicyclic) bond motifs is 5. The van der Waals surface area contributed by atoms with E-state index in [1.807, 2.05) is 25.9 Å². The molecule has 0 aliphatic heterocycles. The number of thiazole rings is 1. The minimum absolute atomic E-state index is 0.0168. The minimum atomic E-state index is -0.238. The van der Waals surface area contributed by atoms with Crippen molar-refractivity contribution in [3.8, 4) is 5.75 Å². The van der Waals surface area contributed by atoms with Gasteiger partial charge in [-0.3, -0.25) is 14.5 Å². The van der Waals surface area contributed by atoms with Crippen LogP contribution in [0.1, 0.15) is 67.4 Å². The summed E-state index contributed by atoms with van der Waals surface area (Å²) < 4.78 is 6.72. The molecule has 0 saturated heterocycles. The van der Waals surface area contributed by atoms with Crippen LogP contribution in [0.5, 0.6) is 5.75 Å². The molecule has 3 aliphatic rings. The van der Waals surface area contributed by atoms with Crippen LogP contribution in [-0.4, -0.2) is 55.2 Å². The molecule has 3 unspecified atom stereocenters. The molecule has 1 N–H and O–H groups in total. The maximum Gasteiger partial charge on any atom is 0.325 e. The van der Waals surface area contributed by atoms with E-state index in [0.29, 0.717) is 41.0 Å². The minimum Gasteiger partial charge on any atom is -0.424 e. The van der Waals surface area contributed by atoms with Gasteiger partial charge in [-0.1, -0.05) is 12.1 Å². The number of aryl methyl sites for hydroxylation is 2. The summed E-state index contributed by atoms with van der Waals surface area (Å²) in [4.78, 5) is 37.7. The van der Waals surface area contributed by atoms with Crippen molar-refractivity contribution in [2.75, 3.05) is 33.1 Å². The lowest BCUT2D eigenvalue weighted by Gasteiger charge is -2.50. The van der Waals surface area contributed by atoms with Gasteiger partial charge in [0.25, 0.3) is 0 Å². The molecule has 0 bridgehead atoms. The molecule has 3 aliphatic carbocycles. The lowest BCUT2D eigenvalue weighted by Crippen LogP contribution is -2.44. The molecule has 2 aromatic rings. The zero-order chi connectivity index (χ0) is 28.6. The Morgan fingerprint density at radius 3 is 2.80 bits per heavy atom. The number of anilines is 1. The first-order chi connectivity index (χ1) is 19.1. The summed E-state index contributed by atoms with van der Waals surface area (Å²) >= 11 is 3.81. The van der Waals surface area contributed by atoms with Crippen LogP contribution < -0.4 is 10.1 Å². The molecule has 1 amide bonds. The number of aromatic nitrogens is 1. The van der Waals surface area contributed by atoms with Crippen molar-refractivity contribution in [3.63, 3.8) is 0 Å². The van der Waals surface area contributed by atoms with Crippen LogP contribution in [0.15, 0.2) is 23.5 Å². The first-order valence-electron chi connectivity index (χ1n) is 14.1. The van der Waals surface area contributed by atoms with Gasteiger partial charge in [0, 0.05) is 22.9 Å². The lowest BCUT2D eigenvalue weighted by molar-refractivity contribution is -0.135. The van der Waals surface area contributed by atoms with Crippen molar-refractivity contribution < 1.29 is 19.2 Å². The van der Waals surface area contributed by atoms with Gasteiger partial charge in [0.05, 0.1) is 15.8 Å². The number of oxime groups is 1. The Morgan fingerprint density at radius 2 is 2.10 bits per heavy atom. The molecule has 0 radical (unpaired) electrons. The third kappa shape index (κ3) is 5.94. The number of likely N-dealkylation sites (N-methyl/N-ethyl adjacent to an activating group) is 1. The van der Waals surface area contributed by atoms with E-state index in [2.05, 4.69) is 57.1 Å². The molecule has 2 saturated carbocycles. The van der Waals surface area contributed by atoms with Crippen molar-refractivity contribution in [1.29, 1.82) is 0 Å². The highest BCUT2D eigenvalue weighted by molar-refractivity contribution is 14.1. The smallest absolute Gasteiger partial charge is 0.325 e. The molecule has 40 heavy (non-hydrogen) atoms. The molecule has 0 spiro atoms. The van der Waals surface area contributed by atoms with Gasteiger partial charge < -0.3 is 14.9 Å². The Kier molecular flexibility index (Phi) is 8.87. The lowest BCUT2D eigenvalue weighted by atomic mass is 9.54. The summed E-state index contributed by atoms with van der Waals surface area (Å²) in [5.41, 5.74) is 3.85. The molecule has 5 atom stereocenters. The van der Waals surface area contributed by atoms with Crippen LogP contribution in [0, 0.1) is 33.7 Å². The third-order valence-electron chi connectivity index (χ3n) is 9.13. The van der Waals surface area contributed by atoms with E-state index in [1.54, 1.807) is 13.3 Å². The van der Waals surface area contributed by atoms with E-state index < -0.39 is 0 Å². The Hall–Kier alpha value is -2.05. The van der Waals surface area contributed by atoms with E-state index in [-0.39, 0.29) is 23.8 Å². The number of ether oxygens (including phenoxy) is 1. The topological polar surface area (TPSA) is 93.1 Å². The number of nitrogens with one attached hydrogen (secondary N) is 1. The fourth-order valence-corrected chi connectivity index (χ4v) is 8.85. The van der Waals surface area contributed by atoms with Gasteiger partial charge in [0.1, 0.15) is 12.9 Å². The van der Waals surface area contributed by atoms with Gasteiger partial charge >= 0.3 is 5.97 Å². The molecular weight excluding hydrogens is 639 g/mol. The molecule has 216 valence electrons. The summed E-state index contributed by atoms with van der Waals surface area (Å²) in [5.74, 6) is 2.25. The zero-order valence-corrected chi connectivity index (χ0v) is 26.9. The fourth-order valence-electron chi connectivity index (χ4n) is 7.57. The van der Waals surface area contributed by atoms with Gasteiger partial charge in [0.2, 0.25) is 5.91 Å². The van der Waals surface area contributed by atoms with E-state index in [1.165, 1.54) is 22.5 Å². The quantitative estimate of drug-likeness (QED) is 0.159. The highest BCUT2D eigenvalue weighted by atomic mass is 127. The molecule has 2 fully saturated rings. The maximum atomic E-state index is 12.8. The van der Waals surface area contributed by atoms with Crippen molar-refractivity contribution in [2.24, 2.45) is 28.3 Å². The SMILES string of the molecule is CO/N=C1\C[C@@H](CCC(=O)Nc2ncc(C)s2)C2C3CCc4cc(OC(=O)CN(C)C)c(I)cc4C3CC[C@]12C. The summed E-state index contributed by atoms with van der Waals surface area (Å²) in [6.45, 7) is 4.62. The van der Waals surface area contributed by atoms with Crippen LogP contribution in [0.4, 0.5) is 5.13 Å². The number of nitrogens with zero attached hydrogens (tertiary/aromatic N) is 3. The second kappa shape index (κ2) is 12.1. The van der Waals surface area contributed by atoms with Crippen molar-refractivity contribution in [2.45, 2.75) is 64.7 Å². The first-order valence-corrected chi connectivity index (χ1v) is 16.0. The van der Waals surface area contributed by atoms with E-state index in [0.717, 1.165) is 52.7 Å². The normalized spacial score (nSPS) is 28.1. The average molecular weight is 679 g/mol. The predicted molar refractivity (Wildman–Crippen MR) is 166 cm³/mol. The van der Waals surface area contributed by atoms with Crippen molar-refractivity contribution >= 4 is 56.6 Å². The number of amides is 1. The molecule has 5 rings (SSSR count). The largest absolute Gasteiger partial charge is 0.424 e. The number of benzene rings is 1. The second-order valence-corrected chi connectivity index (χ2v) is 14.4. The number of carbonyl (C=O) groups excluding carboxylic acids is 2. The van der Waals surface area contributed by atoms with Gasteiger partial charge in [-0.2, -0.15) is 0 Å². The van der Waals surface area contributed by atoms with Crippen molar-refractivity contribution in [3.05, 3.63) is 37.9 Å². The molecule has 8 nitrogen and oxygen atoms in total. The van der Waals surface area contributed by atoms with Gasteiger partial charge in [-0.05, 0) is 129 Å². The monoisotopic (exact) mass is 678 g/mol. The summed E-state index contributed by atoms with van der Waals surface area (Å²) in [6, 6.07) is 4.36. The first kappa shape index (κ1) is 29.4. The van der Waals surface area contributed by atoms with E-state index in [9.17, 15) is 9.59 Å².